The maximum absolute atomic E-state index is 12.2. The average Bonchev–Trinajstić information content (AvgIpc) is 2.73. The molecule has 2 heterocycles. The average molecular weight is 363 g/mol. The van der Waals surface area contributed by atoms with Crippen molar-refractivity contribution < 1.29 is 14.3 Å². The smallest absolute Gasteiger partial charge is 0.337 e. The van der Waals surface area contributed by atoms with Gasteiger partial charge in [0, 0.05) is 11.9 Å². The van der Waals surface area contributed by atoms with Gasteiger partial charge in [0.25, 0.3) is 5.91 Å². The monoisotopic (exact) mass is 363 g/mol. The number of methoxy groups -OCH3 is 1. The Morgan fingerprint density at radius 1 is 1.00 bits per heavy atom. The number of hydrogen-bond acceptors (Lipinski definition) is 7. The molecule has 0 aliphatic carbocycles. The van der Waals surface area contributed by atoms with Crippen LogP contribution in [0.2, 0.25) is 0 Å². The van der Waals surface area contributed by atoms with Crippen LogP contribution in [-0.4, -0.2) is 34.2 Å². The Bertz CT molecular complexity index is 912. The Labute approximate surface area is 155 Å². The maximum Gasteiger partial charge on any atom is 0.337 e. The number of pyridine rings is 1. The molecule has 8 heteroatoms. The van der Waals surface area contributed by atoms with Gasteiger partial charge in [0.1, 0.15) is 5.82 Å². The first kappa shape index (κ1) is 18.0. The van der Waals surface area contributed by atoms with Gasteiger partial charge in [-0.1, -0.05) is 6.07 Å². The second-order valence-electron chi connectivity index (χ2n) is 5.50. The molecule has 2 aromatic heterocycles. The van der Waals surface area contributed by atoms with Gasteiger partial charge in [0.2, 0.25) is 0 Å². The Hall–Kier alpha value is -3.81. The van der Waals surface area contributed by atoms with Crippen LogP contribution in [0.5, 0.6) is 0 Å². The summed E-state index contributed by atoms with van der Waals surface area (Å²) in [7, 11) is 1.31. The predicted molar refractivity (Wildman–Crippen MR) is 99.3 cm³/mol. The molecule has 2 N–H and O–H groups in total. The number of rotatable bonds is 6. The van der Waals surface area contributed by atoms with Crippen LogP contribution in [0.25, 0.3) is 0 Å². The zero-order chi connectivity index (χ0) is 19.1. The van der Waals surface area contributed by atoms with E-state index in [1.165, 1.54) is 7.11 Å². The number of nitrogens with zero attached hydrogens (tertiary/aromatic N) is 3. The van der Waals surface area contributed by atoms with Gasteiger partial charge < -0.3 is 15.4 Å². The second-order valence-corrected chi connectivity index (χ2v) is 5.50. The third-order valence-electron chi connectivity index (χ3n) is 3.64. The summed E-state index contributed by atoms with van der Waals surface area (Å²) in [6, 6.07) is 15.3. The summed E-state index contributed by atoms with van der Waals surface area (Å²) in [6.45, 7) is 0.508. The zero-order valence-corrected chi connectivity index (χ0v) is 14.5. The molecule has 0 unspecified atom stereocenters. The first-order valence-electron chi connectivity index (χ1n) is 8.13. The molecule has 3 rings (SSSR count). The number of anilines is 2. The van der Waals surface area contributed by atoms with Crippen LogP contribution in [0.1, 0.15) is 26.5 Å². The standard InChI is InChI=1S/C19H17N5O3/c1-27-19(26)13-5-7-14(8-6-13)22-18(25)16-9-10-17(24-23-16)21-12-15-4-2-3-11-20-15/h2-11H,12H2,1H3,(H,21,24)(H,22,25). The van der Waals surface area contributed by atoms with Crippen molar-refractivity contribution in [1.29, 1.82) is 0 Å². The number of ether oxygens (including phenoxy) is 1. The molecular weight excluding hydrogens is 346 g/mol. The van der Waals surface area contributed by atoms with Crippen molar-refractivity contribution >= 4 is 23.4 Å². The van der Waals surface area contributed by atoms with Crippen LogP contribution in [-0.2, 0) is 11.3 Å². The van der Waals surface area contributed by atoms with E-state index in [4.69, 9.17) is 0 Å². The minimum Gasteiger partial charge on any atom is -0.465 e. The highest BCUT2D eigenvalue weighted by Gasteiger charge is 2.10. The van der Waals surface area contributed by atoms with E-state index in [2.05, 4.69) is 30.6 Å². The van der Waals surface area contributed by atoms with Crippen molar-refractivity contribution in [2.45, 2.75) is 6.54 Å². The molecule has 0 saturated carbocycles. The molecule has 0 radical (unpaired) electrons. The summed E-state index contributed by atoms with van der Waals surface area (Å²) in [5.74, 6) is -0.295. The van der Waals surface area contributed by atoms with Crippen LogP contribution in [0.15, 0.2) is 60.8 Å². The summed E-state index contributed by atoms with van der Waals surface area (Å²) in [6.07, 6.45) is 1.72. The highest BCUT2D eigenvalue weighted by molar-refractivity contribution is 6.03. The number of aromatic nitrogens is 3. The molecule has 3 aromatic rings. The van der Waals surface area contributed by atoms with Crippen molar-refractivity contribution in [3.05, 3.63) is 77.7 Å². The Balaban J connectivity index is 1.58. The fourth-order valence-corrected chi connectivity index (χ4v) is 2.23. The van der Waals surface area contributed by atoms with E-state index < -0.39 is 11.9 Å². The molecule has 0 aliphatic heterocycles. The highest BCUT2D eigenvalue weighted by atomic mass is 16.5. The lowest BCUT2D eigenvalue weighted by atomic mass is 10.2. The summed E-state index contributed by atoms with van der Waals surface area (Å²) >= 11 is 0. The third-order valence-corrected chi connectivity index (χ3v) is 3.64. The van der Waals surface area contributed by atoms with Gasteiger partial charge in [-0.3, -0.25) is 9.78 Å². The minimum absolute atomic E-state index is 0.176. The summed E-state index contributed by atoms with van der Waals surface area (Å²) < 4.78 is 4.63. The number of amides is 1. The number of carbonyl (C=O) groups excluding carboxylic acids is 2. The third kappa shape index (κ3) is 4.85. The molecule has 27 heavy (non-hydrogen) atoms. The quantitative estimate of drug-likeness (QED) is 0.648. The van der Waals surface area contributed by atoms with Crippen LogP contribution < -0.4 is 10.6 Å². The Morgan fingerprint density at radius 2 is 1.81 bits per heavy atom. The van der Waals surface area contributed by atoms with E-state index >= 15 is 0 Å². The van der Waals surface area contributed by atoms with Crippen LogP contribution in [0, 0.1) is 0 Å². The number of esters is 1. The second kappa shape index (κ2) is 8.52. The molecule has 0 atom stereocenters. The molecule has 8 nitrogen and oxygen atoms in total. The minimum atomic E-state index is -0.437. The maximum atomic E-state index is 12.2. The molecule has 0 bridgehead atoms. The molecule has 1 amide bonds. The predicted octanol–water partition coefficient (Wildman–Crippen LogP) is 2.52. The first-order chi connectivity index (χ1) is 13.2. The van der Waals surface area contributed by atoms with Gasteiger partial charge in [-0.2, -0.15) is 0 Å². The summed E-state index contributed by atoms with van der Waals surface area (Å²) in [5, 5.41) is 13.7. The summed E-state index contributed by atoms with van der Waals surface area (Å²) in [4.78, 5) is 27.9. The van der Waals surface area contributed by atoms with Crippen LogP contribution >= 0.6 is 0 Å². The lowest BCUT2D eigenvalue weighted by molar-refractivity contribution is 0.0600. The van der Waals surface area contributed by atoms with Crippen LogP contribution in [0.4, 0.5) is 11.5 Å². The molecule has 1 aromatic carbocycles. The van der Waals surface area contributed by atoms with Gasteiger partial charge in [-0.05, 0) is 48.5 Å². The molecule has 0 spiro atoms. The van der Waals surface area contributed by atoms with E-state index in [9.17, 15) is 9.59 Å². The van der Waals surface area contributed by atoms with Crippen molar-refractivity contribution in [1.82, 2.24) is 15.2 Å². The number of nitrogens with one attached hydrogen (secondary N) is 2. The van der Waals surface area contributed by atoms with Crippen molar-refractivity contribution in [2.24, 2.45) is 0 Å². The van der Waals surface area contributed by atoms with Gasteiger partial charge in [-0.15, -0.1) is 10.2 Å². The van der Waals surface area contributed by atoms with E-state index in [0.29, 0.717) is 23.6 Å². The molecule has 0 saturated heterocycles. The SMILES string of the molecule is COC(=O)c1ccc(NC(=O)c2ccc(NCc3ccccn3)nn2)cc1. The number of carbonyl (C=O) groups is 2. The Morgan fingerprint density at radius 3 is 2.44 bits per heavy atom. The van der Waals surface area contributed by atoms with E-state index in [1.807, 2.05) is 18.2 Å². The lowest BCUT2D eigenvalue weighted by Crippen LogP contribution is -2.15. The topological polar surface area (TPSA) is 106 Å². The van der Waals surface area contributed by atoms with E-state index in [-0.39, 0.29) is 5.69 Å². The fraction of sp³-hybridized carbons (Fsp3) is 0.105. The van der Waals surface area contributed by atoms with Gasteiger partial charge >= 0.3 is 5.97 Å². The van der Waals surface area contributed by atoms with Gasteiger partial charge in [0.15, 0.2) is 5.69 Å². The van der Waals surface area contributed by atoms with Crippen molar-refractivity contribution in [3.63, 3.8) is 0 Å². The van der Waals surface area contributed by atoms with Crippen molar-refractivity contribution in [3.8, 4) is 0 Å². The largest absolute Gasteiger partial charge is 0.465 e. The fourth-order valence-electron chi connectivity index (χ4n) is 2.23. The first-order valence-corrected chi connectivity index (χ1v) is 8.13. The summed E-state index contributed by atoms with van der Waals surface area (Å²) in [5.41, 5.74) is 1.98. The van der Waals surface area contributed by atoms with Crippen LogP contribution in [0.3, 0.4) is 0 Å². The number of benzene rings is 1. The molecule has 0 aliphatic rings. The molecule has 0 fully saturated rings. The normalized spacial score (nSPS) is 10.1. The van der Waals surface area contributed by atoms with Crippen molar-refractivity contribution in [2.75, 3.05) is 17.7 Å². The zero-order valence-electron chi connectivity index (χ0n) is 14.5. The lowest BCUT2D eigenvalue weighted by Gasteiger charge is -2.07. The Kier molecular flexibility index (Phi) is 5.68. The van der Waals surface area contributed by atoms with E-state index in [0.717, 1.165) is 5.69 Å². The van der Waals surface area contributed by atoms with E-state index in [1.54, 1.807) is 42.6 Å². The van der Waals surface area contributed by atoms with Gasteiger partial charge in [-0.25, -0.2) is 4.79 Å². The number of hydrogen-bond donors (Lipinski definition) is 2. The molecule has 136 valence electrons. The highest BCUT2D eigenvalue weighted by Crippen LogP contribution is 2.12. The molecular formula is C19H17N5O3. The van der Waals surface area contributed by atoms with Gasteiger partial charge in [0.05, 0.1) is 24.9 Å².